The average molecular weight is 261 g/mol. The van der Waals surface area contributed by atoms with E-state index < -0.39 is 0 Å². The number of hydrogen-bond acceptors (Lipinski definition) is 2. The van der Waals surface area contributed by atoms with Gasteiger partial charge in [0.15, 0.2) is 0 Å². The van der Waals surface area contributed by atoms with Crippen LogP contribution in [0, 0.1) is 11.8 Å². The van der Waals surface area contributed by atoms with E-state index in [0.717, 1.165) is 30.6 Å². The summed E-state index contributed by atoms with van der Waals surface area (Å²) in [6, 6.07) is 8.37. The predicted molar refractivity (Wildman–Crippen MR) is 80.7 cm³/mol. The highest BCUT2D eigenvalue weighted by molar-refractivity contribution is 5.28. The minimum Gasteiger partial charge on any atom is -0.497 e. The minimum atomic E-state index is 0.897. The van der Waals surface area contributed by atoms with Crippen molar-refractivity contribution in [2.45, 2.75) is 39.0 Å². The summed E-state index contributed by atoms with van der Waals surface area (Å²) in [6.45, 7) is 4.65. The van der Waals surface area contributed by atoms with Gasteiger partial charge in [0.05, 0.1) is 7.11 Å². The lowest BCUT2D eigenvalue weighted by Gasteiger charge is -2.26. The molecule has 2 rings (SSSR count). The molecular weight excluding hydrogens is 234 g/mol. The highest BCUT2D eigenvalue weighted by atomic mass is 16.5. The fourth-order valence-corrected chi connectivity index (χ4v) is 3.11. The van der Waals surface area contributed by atoms with Gasteiger partial charge in [-0.15, -0.1) is 0 Å². The Morgan fingerprint density at radius 3 is 3.00 bits per heavy atom. The van der Waals surface area contributed by atoms with E-state index in [1.54, 1.807) is 7.11 Å². The molecule has 0 aromatic heterocycles. The van der Waals surface area contributed by atoms with Gasteiger partial charge in [-0.1, -0.05) is 31.9 Å². The molecule has 2 nitrogen and oxygen atoms in total. The second kappa shape index (κ2) is 7.54. The third-order valence-electron chi connectivity index (χ3n) is 4.20. The van der Waals surface area contributed by atoms with Crippen molar-refractivity contribution >= 4 is 0 Å². The molecule has 0 saturated heterocycles. The van der Waals surface area contributed by atoms with E-state index in [1.807, 2.05) is 6.07 Å². The Bertz CT molecular complexity index is 377. The maximum atomic E-state index is 5.25. The lowest BCUT2D eigenvalue weighted by Crippen LogP contribution is -2.28. The number of hydrogen-bond donors (Lipinski definition) is 1. The maximum absolute atomic E-state index is 5.25. The van der Waals surface area contributed by atoms with Crippen LogP contribution in [0.1, 0.15) is 38.2 Å². The third kappa shape index (κ3) is 4.87. The van der Waals surface area contributed by atoms with Crippen molar-refractivity contribution < 1.29 is 4.74 Å². The van der Waals surface area contributed by atoms with Crippen LogP contribution in [0.3, 0.4) is 0 Å². The largest absolute Gasteiger partial charge is 0.497 e. The summed E-state index contributed by atoms with van der Waals surface area (Å²) in [5.74, 6) is 2.78. The molecule has 2 atom stereocenters. The van der Waals surface area contributed by atoms with Gasteiger partial charge in [0, 0.05) is 0 Å². The summed E-state index contributed by atoms with van der Waals surface area (Å²) in [5.41, 5.74) is 1.35. The number of rotatable bonds is 6. The molecule has 1 aliphatic carbocycles. The van der Waals surface area contributed by atoms with Crippen LogP contribution >= 0.6 is 0 Å². The minimum absolute atomic E-state index is 0.897. The van der Waals surface area contributed by atoms with Crippen LogP contribution in [-0.2, 0) is 6.42 Å². The lowest BCUT2D eigenvalue weighted by atomic mass is 9.82. The molecule has 2 heteroatoms. The first kappa shape index (κ1) is 14.4. The van der Waals surface area contributed by atoms with E-state index in [2.05, 4.69) is 30.4 Å². The highest BCUT2D eigenvalue weighted by Crippen LogP contribution is 2.27. The number of benzene rings is 1. The van der Waals surface area contributed by atoms with Crippen LogP contribution in [0.2, 0.25) is 0 Å². The summed E-state index contributed by atoms with van der Waals surface area (Å²) >= 11 is 0. The summed E-state index contributed by atoms with van der Waals surface area (Å²) in [7, 11) is 1.72. The van der Waals surface area contributed by atoms with Crippen molar-refractivity contribution in [1.29, 1.82) is 0 Å². The van der Waals surface area contributed by atoms with Gasteiger partial charge < -0.3 is 10.1 Å². The van der Waals surface area contributed by atoms with Crippen molar-refractivity contribution in [1.82, 2.24) is 5.32 Å². The standard InChI is InChI=1S/C17H27NO/c1-14-5-3-7-16(11-14)13-18-10-9-15-6-4-8-17(12-15)19-2/h4,6,8,12,14,16,18H,3,5,7,9-11,13H2,1-2H3. The van der Waals surface area contributed by atoms with E-state index in [9.17, 15) is 0 Å². The Labute approximate surface area is 117 Å². The highest BCUT2D eigenvalue weighted by Gasteiger charge is 2.17. The molecule has 0 radical (unpaired) electrons. The number of ether oxygens (including phenoxy) is 1. The predicted octanol–water partition coefficient (Wildman–Crippen LogP) is 3.65. The van der Waals surface area contributed by atoms with Crippen LogP contribution in [-0.4, -0.2) is 20.2 Å². The molecule has 19 heavy (non-hydrogen) atoms. The summed E-state index contributed by atoms with van der Waals surface area (Å²) < 4.78 is 5.25. The molecule has 0 amide bonds. The molecular formula is C17H27NO. The average Bonchev–Trinajstić information content (AvgIpc) is 2.44. The van der Waals surface area contributed by atoms with E-state index in [-0.39, 0.29) is 0 Å². The van der Waals surface area contributed by atoms with Crippen LogP contribution in [0.5, 0.6) is 5.75 Å². The molecule has 1 aromatic carbocycles. The Hall–Kier alpha value is -1.02. The molecule has 2 unspecified atom stereocenters. The molecule has 106 valence electrons. The smallest absolute Gasteiger partial charge is 0.119 e. The fraction of sp³-hybridized carbons (Fsp3) is 0.647. The summed E-state index contributed by atoms with van der Waals surface area (Å²) in [4.78, 5) is 0. The Morgan fingerprint density at radius 2 is 2.21 bits per heavy atom. The number of methoxy groups -OCH3 is 1. The first-order chi connectivity index (χ1) is 9.28. The molecule has 0 bridgehead atoms. The third-order valence-corrected chi connectivity index (χ3v) is 4.20. The van der Waals surface area contributed by atoms with Gasteiger partial charge in [0.1, 0.15) is 5.75 Å². The lowest BCUT2D eigenvalue weighted by molar-refractivity contribution is 0.275. The molecule has 1 N–H and O–H groups in total. The van der Waals surface area contributed by atoms with Crippen molar-refractivity contribution in [2.24, 2.45) is 11.8 Å². The SMILES string of the molecule is COc1cccc(CCNCC2CCCC(C)C2)c1. The Morgan fingerprint density at radius 1 is 1.32 bits per heavy atom. The molecule has 1 aromatic rings. The zero-order valence-electron chi connectivity index (χ0n) is 12.3. The van der Waals surface area contributed by atoms with Gasteiger partial charge >= 0.3 is 0 Å². The molecule has 1 fully saturated rings. The molecule has 1 aliphatic rings. The summed E-state index contributed by atoms with van der Waals surface area (Å²) in [5, 5.41) is 3.62. The van der Waals surface area contributed by atoms with Crippen LogP contribution in [0.15, 0.2) is 24.3 Å². The molecule has 0 aliphatic heterocycles. The van der Waals surface area contributed by atoms with E-state index >= 15 is 0 Å². The normalized spacial score (nSPS) is 23.3. The van der Waals surface area contributed by atoms with Crippen molar-refractivity contribution in [2.75, 3.05) is 20.2 Å². The van der Waals surface area contributed by atoms with Gasteiger partial charge in [-0.3, -0.25) is 0 Å². The van der Waals surface area contributed by atoms with Crippen molar-refractivity contribution in [3.8, 4) is 5.75 Å². The van der Waals surface area contributed by atoms with Gasteiger partial charge in [0.2, 0.25) is 0 Å². The van der Waals surface area contributed by atoms with Crippen LogP contribution < -0.4 is 10.1 Å². The van der Waals surface area contributed by atoms with Gasteiger partial charge in [-0.2, -0.15) is 0 Å². The second-order valence-corrected chi connectivity index (χ2v) is 5.94. The fourth-order valence-electron chi connectivity index (χ4n) is 3.11. The topological polar surface area (TPSA) is 21.3 Å². The molecule has 1 saturated carbocycles. The van der Waals surface area contributed by atoms with Gasteiger partial charge in [-0.05, 0) is 61.9 Å². The van der Waals surface area contributed by atoms with Gasteiger partial charge in [-0.25, -0.2) is 0 Å². The van der Waals surface area contributed by atoms with Crippen LogP contribution in [0.25, 0.3) is 0 Å². The zero-order valence-corrected chi connectivity index (χ0v) is 12.3. The van der Waals surface area contributed by atoms with E-state index in [1.165, 1.54) is 37.8 Å². The van der Waals surface area contributed by atoms with E-state index in [4.69, 9.17) is 4.74 Å². The van der Waals surface area contributed by atoms with Crippen molar-refractivity contribution in [3.05, 3.63) is 29.8 Å². The monoisotopic (exact) mass is 261 g/mol. The first-order valence-electron chi connectivity index (χ1n) is 7.61. The quantitative estimate of drug-likeness (QED) is 0.789. The second-order valence-electron chi connectivity index (χ2n) is 5.94. The summed E-state index contributed by atoms with van der Waals surface area (Å²) in [6.07, 6.45) is 6.76. The van der Waals surface area contributed by atoms with Gasteiger partial charge in [0.25, 0.3) is 0 Å². The molecule has 0 spiro atoms. The van der Waals surface area contributed by atoms with E-state index in [0.29, 0.717) is 0 Å². The Balaban J connectivity index is 1.66. The zero-order chi connectivity index (χ0) is 13.5. The first-order valence-corrected chi connectivity index (χ1v) is 7.61. The van der Waals surface area contributed by atoms with Crippen molar-refractivity contribution in [3.63, 3.8) is 0 Å². The van der Waals surface area contributed by atoms with Crippen LogP contribution in [0.4, 0.5) is 0 Å². The maximum Gasteiger partial charge on any atom is 0.119 e. The Kier molecular flexibility index (Phi) is 5.71. The number of nitrogens with one attached hydrogen (secondary N) is 1. The molecule has 0 heterocycles.